The Labute approximate surface area is 86.0 Å². The monoisotopic (exact) mass is 196 g/mol. The zero-order chi connectivity index (χ0) is 10.4. The molecule has 0 heterocycles. The minimum absolute atomic E-state index is 0.128. The van der Waals surface area contributed by atoms with Crippen molar-refractivity contribution in [1.29, 1.82) is 0 Å². The lowest BCUT2D eigenvalue weighted by molar-refractivity contribution is -0.143. The van der Waals surface area contributed by atoms with Gasteiger partial charge in [-0.3, -0.25) is 4.79 Å². The predicted octanol–water partition coefficient (Wildman–Crippen LogP) is 3.23. The number of hydrogen-bond acceptors (Lipinski definition) is 1. The number of rotatable bonds is 5. The quantitative estimate of drug-likeness (QED) is 0.541. The van der Waals surface area contributed by atoms with Gasteiger partial charge in [-0.15, -0.1) is 0 Å². The van der Waals surface area contributed by atoms with Crippen LogP contribution in [0.5, 0.6) is 0 Å². The maximum atomic E-state index is 11.0. The van der Waals surface area contributed by atoms with Gasteiger partial charge in [0.25, 0.3) is 0 Å². The Morgan fingerprint density at radius 1 is 1.50 bits per heavy atom. The summed E-state index contributed by atoms with van der Waals surface area (Å²) in [6, 6.07) is 0. The van der Waals surface area contributed by atoms with E-state index in [1.807, 2.05) is 0 Å². The second kappa shape index (κ2) is 5.84. The van der Waals surface area contributed by atoms with Gasteiger partial charge >= 0.3 is 5.97 Å². The molecule has 0 bridgehead atoms. The van der Waals surface area contributed by atoms with Gasteiger partial charge in [0.15, 0.2) is 0 Å². The predicted molar refractivity (Wildman–Crippen MR) is 57.1 cm³/mol. The van der Waals surface area contributed by atoms with Crippen molar-refractivity contribution in [3.8, 4) is 0 Å². The molecule has 1 N–H and O–H groups in total. The highest BCUT2D eigenvalue weighted by molar-refractivity contribution is 5.70. The van der Waals surface area contributed by atoms with Gasteiger partial charge in [-0.2, -0.15) is 0 Å². The van der Waals surface area contributed by atoms with Gasteiger partial charge in [0.2, 0.25) is 0 Å². The van der Waals surface area contributed by atoms with Crippen molar-refractivity contribution >= 4 is 5.97 Å². The van der Waals surface area contributed by atoms with Crippen molar-refractivity contribution in [2.75, 3.05) is 0 Å². The molecule has 0 spiro atoms. The van der Waals surface area contributed by atoms with Gasteiger partial charge in [0.1, 0.15) is 0 Å². The van der Waals surface area contributed by atoms with Crippen LogP contribution in [0.1, 0.15) is 45.4 Å². The smallest absolute Gasteiger partial charge is 0.307 e. The Bertz CT molecular complexity index is 208. The van der Waals surface area contributed by atoms with Crippen molar-refractivity contribution in [2.45, 2.75) is 45.4 Å². The first-order valence-electron chi connectivity index (χ1n) is 5.65. The van der Waals surface area contributed by atoms with E-state index in [1.54, 1.807) is 0 Å². The van der Waals surface area contributed by atoms with E-state index in [-0.39, 0.29) is 11.8 Å². The first kappa shape index (κ1) is 11.3. The first-order valence-corrected chi connectivity index (χ1v) is 5.65. The molecule has 0 aromatic heterocycles. The van der Waals surface area contributed by atoms with Crippen molar-refractivity contribution in [3.05, 3.63) is 12.2 Å². The minimum Gasteiger partial charge on any atom is -0.481 e. The summed E-state index contributed by atoms with van der Waals surface area (Å²) in [4.78, 5) is 11.0. The van der Waals surface area contributed by atoms with Crippen molar-refractivity contribution in [2.24, 2.45) is 11.8 Å². The van der Waals surface area contributed by atoms with Crippen LogP contribution in [0, 0.1) is 11.8 Å². The molecule has 0 radical (unpaired) electrons. The van der Waals surface area contributed by atoms with Gasteiger partial charge in [-0.05, 0) is 25.2 Å². The van der Waals surface area contributed by atoms with Crippen molar-refractivity contribution in [3.63, 3.8) is 0 Å². The summed E-state index contributed by atoms with van der Waals surface area (Å²) < 4.78 is 0. The number of aliphatic carboxylic acids is 1. The molecule has 0 unspecified atom stereocenters. The maximum Gasteiger partial charge on any atom is 0.307 e. The van der Waals surface area contributed by atoms with E-state index >= 15 is 0 Å². The molecule has 0 saturated carbocycles. The van der Waals surface area contributed by atoms with Crippen LogP contribution in [0.25, 0.3) is 0 Å². The Hall–Kier alpha value is -0.790. The van der Waals surface area contributed by atoms with Crippen molar-refractivity contribution < 1.29 is 9.90 Å². The number of hydrogen-bond donors (Lipinski definition) is 1. The summed E-state index contributed by atoms with van der Waals surface area (Å²) >= 11 is 0. The number of unbranched alkanes of at least 4 members (excludes halogenated alkanes) is 2. The molecule has 0 fully saturated rings. The third kappa shape index (κ3) is 3.17. The summed E-state index contributed by atoms with van der Waals surface area (Å²) in [5.74, 6) is -0.458. The van der Waals surface area contributed by atoms with Crippen LogP contribution in [0.4, 0.5) is 0 Å². The second-order valence-corrected chi connectivity index (χ2v) is 4.11. The molecule has 2 atom stereocenters. The molecule has 0 aromatic rings. The summed E-state index contributed by atoms with van der Waals surface area (Å²) in [5.41, 5.74) is 0. The minimum atomic E-state index is -0.615. The average molecular weight is 196 g/mol. The average Bonchev–Trinajstić information content (AvgIpc) is 2.19. The van der Waals surface area contributed by atoms with Crippen LogP contribution in [-0.4, -0.2) is 11.1 Å². The van der Waals surface area contributed by atoms with Crippen molar-refractivity contribution in [1.82, 2.24) is 0 Å². The maximum absolute atomic E-state index is 11.0. The van der Waals surface area contributed by atoms with E-state index in [9.17, 15) is 4.79 Å². The van der Waals surface area contributed by atoms with Gasteiger partial charge in [-0.1, -0.05) is 38.3 Å². The molecule has 0 amide bonds. The molecule has 1 aliphatic carbocycles. The molecule has 0 saturated heterocycles. The standard InChI is InChI=1S/C12H20O2/c1-2-3-4-7-10-8-5-6-9-11(10)12(13)14/h5,8,10-11H,2-4,6-7,9H2,1H3,(H,13,14)/t10-,11+/m1/s1. The number of carboxylic acids is 1. The fourth-order valence-electron chi connectivity index (χ4n) is 2.13. The van der Waals surface area contributed by atoms with Crippen LogP contribution >= 0.6 is 0 Å². The van der Waals surface area contributed by atoms with Gasteiger partial charge in [-0.25, -0.2) is 0 Å². The Kier molecular flexibility index (Phi) is 4.71. The molecule has 0 aliphatic heterocycles. The molecule has 14 heavy (non-hydrogen) atoms. The molecule has 2 nitrogen and oxygen atoms in total. The molecular formula is C12H20O2. The number of allylic oxidation sites excluding steroid dienone is 2. The largest absolute Gasteiger partial charge is 0.481 e. The van der Waals surface area contributed by atoms with Crippen LogP contribution in [0.2, 0.25) is 0 Å². The highest BCUT2D eigenvalue weighted by atomic mass is 16.4. The summed E-state index contributed by atoms with van der Waals surface area (Å²) in [6.45, 7) is 2.17. The fourth-order valence-corrected chi connectivity index (χ4v) is 2.13. The van der Waals surface area contributed by atoms with E-state index in [4.69, 9.17) is 5.11 Å². The van der Waals surface area contributed by atoms with E-state index in [2.05, 4.69) is 19.1 Å². The summed E-state index contributed by atoms with van der Waals surface area (Å²) in [6.07, 6.45) is 10.6. The van der Waals surface area contributed by atoms with Gasteiger partial charge in [0.05, 0.1) is 5.92 Å². The lowest BCUT2D eigenvalue weighted by atomic mass is 9.81. The van der Waals surface area contributed by atoms with E-state index in [0.717, 1.165) is 25.7 Å². The van der Waals surface area contributed by atoms with Crippen LogP contribution in [0.3, 0.4) is 0 Å². The number of carboxylic acid groups (broad SMARTS) is 1. The molecule has 0 aromatic carbocycles. The third-order valence-corrected chi connectivity index (χ3v) is 3.00. The highest BCUT2D eigenvalue weighted by Gasteiger charge is 2.27. The van der Waals surface area contributed by atoms with Crippen LogP contribution < -0.4 is 0 Å². The normalized spacial score (nSPS) is 26.4. The fraction of sp³-hybridized carbons (Fsp3) is 0.750. The molecule has 1 rings (SSSR count). The second-order valence-electron chi connectivity index (χ2n) is 4.11. The van der Waals surface area contributed by atoms with E-state index in [0.29, 0.717) is 0 Å². The topological polar surface area (TPSA) is 37.3 Å². The lowest BCUT2D eigenvalue weighted by Gasteiger charge is -2.23. The number of carbonyl (C=O) groups is 1. The Morgan fingerprint density at radius 3 is 2.93 bits per heavy atom. The summed E-state index contributed by atoms with van der Waals surface area (Å²) in [5, 5.41) is 9.03. The zero-order valence-electron chi connectivity index (χ0n) is 8.91. The third-order valence-electron chi connectivity index (χ3n) is 3.00. The van der Waals surface area contributed by atoms with Gasteiger partial charge < -0.3 is 5.11 Å². The van der Waals surface area contributed by atoms with Crippen LogP contribution in [-0.2, 0) is 4.79 Å². The van der Waals surface area contributed by atoms with Crippen LogP contribution in [0.15, 0.2) is 12.2 Å². The Balaban J connectivity index is 2.41. The first-order chi connectivity index (χ1) is 6.75. The SMILES string of the molecule is CCCCC[C@@H]1C=CCC[C@@H]1C(=O)O. The highest BCUT2D eigenvalue weighted by Crippen LogP contribution is 2.29. The molecule has 2 heteroatoms. The zero-order valence-corrected chi connectivity index (χ0v) is 8.91. The lowest BCUT2D eigenvalue weighted by Crippen LogP contribution is -2.24. The molecule has 1 aliphatic rings. The molecular weight excluding hydrogens is 176 g/mol. The summed E-state index contributed by atoms with van der Waals surface area (Å²) in [7, 11) is 0. The van der Waals surface area contributed by atoms with E-state index < -0.39 is 5.97 Å². The Morgan fingerprint density at radius 2 is 2.29 bits per heavy atom. The molecule has 80 valence electrons. The van der Waals surface area contributed by atoms with Gasteiger partial charge in [0, 0.05) is 0 Å². The van der Waals surface area contributed by atoms with E-state index in [1.165, 1.54) is 12.8 Å².